The SMILES string of the molecule is O=S1(=O)CCC(Cc2nnc(SCc3nc4ccccc4o3)o2)C1. The monoisotopic (exact) mass is 365 g/mol. The summed E-state index contributed by atoms with van der Waals surface area (Å²) < 4.78 is 34.2. The predicted octanol–water partition coefficient (Wildman–Crippen LogP) is 2.48. The van der Waals surface area contributed by atoms with Gasteiger partial charge in [0.2, 0.25) is 11.8 Å². The Morgan fingerprint density at radius 3 is 2.83 bits per heavy atom. The zero-order chi connectivity index (χ0) is 16.6. The average molecular weight is 365 g/mol. The van der Waals surface area contributed by atoms with Crippen molar-refractivity contribution >= 4 is 32.7 Å². The lowest BCUT2D eigenvalue weighted by atomic mass is 10.1. The van der Waals surface area contributed by atoms with Crippen molar-refractivity contribution in [2.24, 2.45) is 5.92 Å². The molecular formula is C15H15N3O4S2. The molecule has 1 unspecified atom stereocenters. The van der Waals surface area contributed by atoms with Crippen molar-refractivity contribution in [2.45, 2.75) is 23.8 Å². The minimum Gasteiger partial charge on any atom is -0.440 e. The van der Waals surface area contributed by atoms with Gasteiger partial charge in [-0.05, 0) is 24.5 Å². The van der Waals surface area contributed by atoms with Crippen LogP contribution in [0.1, 0.15) is 18.2 Å². The van der Waals surface area contributed by atoms with Crippen molar-refractivity contribution in [3.63, 3.8) is 0 Å². The van der Waals surface area contributed by atoms with E-state index in [0.29, 0.717) is 35.6 Å². The summed E-state index contributed by atoms with van der Waals surface area (Å²) in [5.74, 6) is 2.12. The van der Waals surface area contributed by atoms with Crippen LogP contribution >= 0.6 is 11.8 Å². The Labute approximate surface area is 142 Å². The number of sulfone groups is 1. The van der Waals surface area contributed by atoms with Gasteiger partial charge in [0.1, 0.15) is 5.52 Å². The van der Waals surface area contributed by atoms with Crippen molar-refractivity contribution in [3.8, 4) is 0 Å². The van der Waals surface area contributed by atoms with Gasteiger partial charge in [-0.15, -0.1) is 10.2 Å². The molecule has 1 aliphatic heterocycles. The molecular weight excluding hydrogens is 350 g/mol. The van der Waals surface area contributed by atoms with Gasteiger partial charge in [0.15, 0.2) is 15.4 Å². The average Bonchev–Trinajstić information content (AvgIpc) is 3.24. The third-order valence-electron chi connectivity index (χ3n) is 3.90. The second-order valence-corrected chi connectivity index (χ2v) is 8.95. The van der Waals surface area contributed by atoms with E-state index in [1.54, 1.807) is 0 Å². The molecule has 126 valence electrons. The van der Waals surface area contributed by atoms with E-state index in [0.717, 1.165) is 11.1 Å². The lowest BCUT2D eigenvalue weighted by Crippen LogP contribution is -2.07. The van der Waals surface area contributed by atoms with E-state index in [4.69, 9.17) is 8.83 Å². The number of benzene rings is 1. The molecule has 7 nitrogen and oxygen atoms in total. The van der Waals surface area contributed by atoms with E-state index in [9.17, 15) is 8.42 Å². The smallest absolute Gasteiger partial charge is 0.277 e. The molecule has 1 fully saturated rings. The van der Waals surface area contributed by atoms with Crippen LogP contribution in [-0.2, 0) is 22.0 Å². The van der Waals surface area contributed by atoms with Gasteiger partial charge in [0.05, 0.1) is 17.3 Å². The summed E-state index contributed by atoms with van der Waals surface area (Å²) in [6, 6.07) is 7.58. The Kier molecular flexibility index (Phi) is 4.05. The van der Waals surface area contributed by atoms with Crippen molar-refractivity contribution in [1.29, 1.82) is 0 Å². The van der Waals surface area contributed by atoms with Crippen LogP contribution in [0.5, 0.6) is 0 Å². The number of aromatic nitrogens is 3. The standard InChI is InChI=1S/C15H15N3O4S2/c19-24(20)6-5-10(9-24)7-13-17-18-15(22-13)23-8-14-16-11-3-1-2-4-12(11)21-14/h1-4,10H,5-9H2. The summed E-state index contributed by atoms with van der Waals surface area (Å²) in [5, 5.41) is 8.43. The molecule has 0 spiro atoms. The highest BCUT2D eigenvalue weighted by Gasteiger charge is 2.29. The summed E-state index contributed by atoms with van der Waals surface area (Å²) in [6.07, 6.45) is 1.17. The van der Waals surface area contributed by atoms with Gasteiger partial charge in [-0.2, -0.15) is 0 Å². The van der Waals surface area contributed by atoms with Crippen LogP contribution in [0.2, 0.25) is 0 Å². The van der Waals surface area contributed by atoms with Crippen LogP contribution in [0.4, 0.5) is 0 Å². The molecule has 0 bridgehead atoms. The third kappa shape index (κ3) is 3.46. The van der Waals surface area contributed by atoms with Gasteiger partial charge in [0.25, 0.3) is 5.22 Å². The third-order valence-corrected chi connectivity index (χ3v) is 6.54. The van der Waals surface area contributed by atoms with Gasteiger partial charge < -0.3 is 8.83 Å². The maximum absolute atomic E-state index is 11.5. The minimum absolute atomic E-state index is 0.0744. The van der Waals surface area contributed by atoms with Crippen LogP contribution in [0, 0.1) is 5.92 Å². The molecule has 0 radical (unpaired) electrons. The van der Waals surface area contributed by atoms with E-state index in [2.05, 4.69) is 15.2 Å². The van der Waals surface area contributed by atoms with Gasteiger partial charge in [-0.25, -0.2) is 13.4 Å². The summed E-state index contributed by atoms with van der Waals surface area (Å²) >= 11 is 1.35. The molecule has 24 heavy (non-hydrogen) atoms. The lowest BCUT2D eigenvalue weighted by molar-refractivity contribution is 0.389. The molecule has 1 aromatic carbocycles. The molecule has 3 heterocycles. The Morgan fingerprint density at radius 1 is 1.17 bits per heavy atom. The number of para-hydroxylation sites is 2. The molecule has 4 rings (SSSR count). The van der Waals surface area contributed by atoms with E-state index in [1.165, 1.54) is 11.8 Å². The number of rotatable bonds is 5. The first-order chi connectivity index (χ1) is 11.6. The molecule has 9 heteroatoms. The largest absolute Gasteiger partial charge is 0.440 e. The van der Waals surface area contributed by atoms with Crippen LogP contribution in [0.25, 0.3) is 11.1 Å². The first kappa shape index (κ1) is 15.6. The van der Waals surface area contributed by atoms with Crippen molar-refractivity contribution < 1.29 is 17.3 Å². The Balaban J connectivity index is 1.37. The molecule has 0 N–H and O–H groups in total. The maximum Gasteiger partial charge on any atom is 0.277 e. The topological polar surface area (TPSA) is 99.1 Å². The van der Waals surface area contributed by atoms with Gasteiger partial charge in [0, 0.05) is 6.42 Å². The molecule has 1 atom stereocenters. The predicted molar refractivity (Wildman–Crippen MR) is 88.3 cm³/mol. The molecule has 3 aromatic rings. The molecule has 0 amide bonds. The van der Waals surface area contributed by atoms with Crippen LogP contribution in [0.15, 0.2) is 38.3 Å². The van der Waals surface area contributed by atoms with Crippen LogP contribution < -0.4 is 0 Å². The van der Waals surface area contributed by atoms with Gasteiger partial charge in [-0.1, -0.05) is 23.9 Å². The fourth-order valence-corrected chi connectivity index (χ4v) is 5.25. The molecule has 1 saturated heterocycles. The highest BCUT2D eigenvalue weighted by Crippen LogP contribution is 2.26. The van der Waals surface area contributed by atoms with Crippen molar-refractivity contribution in [2.75, 3.05) is 11.5 Å². The van der Waals surface area contributed by atoms with E-state index < -0.39 is 9.84 Å². The summed E-state index contributed by atoms with van der Waals surface area (Å²) in [4.78, 5) is 4.39. The number of hydrogen-bond acceptors (Lipinski definition) is 8. The summed E-state index contributed by atoms with van der Waals surface area (Å²) in [7, 11) is -2.88. The Morgan fingerprint density at radius 2 is 2.04 bits per heavy atom. The quantitative estimate of drug-likeness (QED) is 0.636. The maximum atomic E-state index is 11.5. The molecule has 1 aliphatic rings. The first-order valence-electron chi connectivity index (χ1n) is 7.57. The number of fused-ring (bicyclic) bond motifs is 1. The number of hydrogen-bond donors (Lipinski definition) is 0. The minimum atomic E-state index is -2.88. The lowest BCUT2D eigenvalue weighted by Gasteiger charge is -2.01. The fraction of sp³-hybridized carbons (Fsp3) is 0.400. The van der Waals surface area contributed by atoms with E-state index in [-0.39, 0.29) is 17.4 Å². The number of thioether (sulfide) groups is 1. The van der Waals surface area contributed by atoms with Gasteiger partial charge in [-0.3, -0.25) is 0 Å². The highest BCUT2D eigenvalue weighted by molar-refractivity contribution is 7.98. The molecule has 2 aromatic heterocycles. The Bertz CT molecular complexity index is 931. The number of nitrogens with zero attached hydrogens (tertiary/aromatic N) is 3. The Hall–Kier alpha value is -1.87. The van der Waals surface area contributed by atoms with Crippen LogP contribution in [-0.4, -0.2) is 35.1 Å². The van der Waals surface area contributed by atoms with Gasteiger partial charge >= 0.3 is 0 Å². The van der Waals surface area contributed by atoms with Crippen molar-refractivity contribution in [1.82, 2.24) is 15.2 Å². The second-order valence-electron chi connectivity index (χ2n) is 5.80. The summed E-state index contributed by atoms with van der Waals surface area (Å²) in [6.45, 7) is 0. The zero-order valence-corrected chi connectivity index (χ0v) is 14.3. The second kappa shape index (κ2) is 6.21. The molecule has 0 aliphatic carbocycles. The highest BCUT2D eigenvalue weighted by atomic mass is 32.2. The van der Waals surface area contributed by atoms with E-state index in [1.807, 2.05) is 24.3 Å². The van der Waals surface area contributed by atoms with E-state index >= 15 is 0 Å². The summed E-state index contributed by atoms with van der Waals surface area (Å²) in [5.41, 5.74) is 1.57. The zero-order valence-electron chi connectivity index (χ0n) is 12.7. The van der Waals surface area contributed by atoms with Crippen LogP contribution in [0.3, 0.4) is 0 Å². The molecule has 0 saturated carbocycles. The van der Waals surface area contributed by atoms with Crippen molar-refractivity contribution in [3.05, 3.63) is 36.0 Å². The normalized spacial score (nSPS) is 19.9. The number of oxazole rings is 1. The fourth-order valence-electron chi connectivity index (χ4n) is 2.76. The first-order valence-corrected chi connectivity index (χ1v) is 10.4.